The highest BCUT2D eigenvalue weighted by atomic mass is 35.5. The standard InChI is InChI=1S/C21H23Cl3O8S2/c1-14(25)32-16(13-33(2,26)27)12-31-15-4-6-17(7-5-15)34(28,29)18-10-19(23)21(20(24)11-18)30-9-3-8-22/h4-7,10-11,16H,3,8-9,12-13H2,1-2H3. The predicted octanol–water partition coefficient (Wildman–Crippen LogP) is 4.19. The minimum absolute atomic E-state index is 0.0444. The minimum atomic E-state index is -3.96. The zero-order valence-corrected chi connectivity index (χ0v) is 22.2. The third-order valence-electron chi connectivity index (χ3n) is 4.20. The van der Waals surface area contributed by atoms with Crippen LogP contribution in [0.2, 0.25) is 10.0 Å². The molecule has 0 aliphatic heterocycles. The van der Waals surface area contributed by atoms with Gasteiger partial charge in [-0.05, 0) is 42.8 Å². The lowest BCUT2D eigenvalue weighted by Crippen LogP contribution is -2.31. The molecule has 0 heterocycles. The molecule has 0 N–H and O–H groups in total. The van der Waals surface area contributed by atoms with Gasteiger partial charge >= 0.3 is 5.97 Å². The Morgan fingerprint density at radius 2 is 1.56 bits per heavy atom. The highest BCUT2D eigenvalue weighted by Crippen LogP contribution is 2.37. The molecule has 0 saturated carbocycles. The van der Waals surface area contributed by atoms with Gasteiger partial charge < -0.3 is 14.2 Å². The van der Waals surface area contributed by atoms with Gasteiger partial charge in [0.15, 0.2) is 15.6 Å². The lowest BCUT2D eigenvalue weighted by molar-refractivity contribution is -0.146. The van der Waals surface area contributed by atoms with Crippen LogP contribution in [-0.4, -0.2) is 60.0 Å². The molecular weight excluding hydrogens is 551 g/mol. The number of hydrogen-bond donors (Lipinski definition) is 0. The van der Waals surface area contributed by atoms with Crippen LogP contribution >= 0.6 is 34.8 Å². The summed E-state index contributed by atoms with van der Waals surface area (Å²) in [5.74, 6) is -0.238. The molecule has 2 rings (SSSR count). The first kappa shape index (κ1) is 28.5. The van der Waals surface area contributed by atoms with Gasteiger partial charge in [0.2, 0.25) is 9.84 Å². The zero-order valence-electron chi connectivity index (χ0n) is 18.3. The quantitative estimate of drug-likeness (QED) is 0.211. The first-order valence-electron chi connectivity index (χ1n) is 9.84. The van der Waals surface area contributed by atoms with Gasteiger partial charge in [0.05, 0.1) is 32.2 Å². The Morgan fingerprint density at radius 3 is 2.06 bits per heavy atom. The predicted molar refractivity (Wildman–Crippen MR) is 130 cm³/mol. The van der Waals surface area contributed by atoms with E-state index in [1.54, 1.807) is 0 Å². The number of carbonyl (C=O) groups is 1. The fourth-order valence-corrected chi connectivity index (χ4v) is 5.77. The van der Waals surface area contributed by atoms with E-state index in [2.05, 4.69) is 0 Å². The van der Waals surface area contributed by atoms with Gasteiger partial charge in [-0.15, -0.1) is 11.6 Å². The van der Waals surface area contributed by atoms with Crippen molar-refractivity contribution in [3.63, 3.8) is 0 Å². The summed E-state index contributed by atoms with van der Waals surface area (Å²) in [6.07, 6.45) is 0.573. The van der Waals surface area contributed by atoms with Crippen LogP contribution in [0.3, 0.4) is 0 Å². The second-order valence-electron chi connectivity index (χ2n) is 7.22. The average molecular weight is 574 g/mol. The summed E-state index contributed by atoms with van der Waals surface area (Å²) in [4.78, 5) is 11.0. The number of hydrogen-bond acceptors (Lipinski definition) is 8. The molecule has 0 amide bonds. The van der Waals surface area contributed by atoms with Crippen LogP contribution in [0.1, 0.15) is 13.3 Å². The third kappa shape index (κ3) is 8.49. The maximum absolute atomic E-state index is 13.0. The largest absolute Gasteiger partial charge is 0.490 e. The van der Waals surface area contributed by atoms with E-state index in [1.807, 2.05) is 0 Å². The third-order valence-corrected chi connectivity index (χ3v) is 7.75. The van der Waals surface area contributed by atoms with Gasteiger partial charge in [0.1, 0.15) is 18.5 Å². The van der Waals surface area contributed by atoms with E-state index in [-0.39, 0.29) is 44.5 Å². The molecule has 0 spiro atoms. The van der Waals surface area contributed by atoms with Crippen LogP contribution in [0.15, 0.2) is 46.2 Å². The number of benzene rings is 2. The molecule has 0 aliphatic carbocycles. The number of ether oxygens (including phenoxy) is 3. The van der Waals surface area contributed by atoms with Crippen molar-refractivity contribution in [2.24, 2.45) is 0 Å². The van der Waals surface area contributed by atoms with Gasteiger partial charge in [0, 0.05) is 19.1 Å². The SMILES string of the molecule is CC(=O)OC(COc1ccc(S(=O)(=O)c2cc(Cl)c(OCCCCl)c(Cl)c2)cc1)CS(C)(=O)=O. The minimum Gasteiger partial charge on any atom is -0.490 e. The van der Waals surface area contributed by atoms with Crippen LogP contribution in [0.25, 0.3) is 0 Å². The van der Waals surface area contributed by atoms with Crippen molar-refractivity contribution in [1.82, 2.24) is 0 Å². The van der Waals surface area contributed by atoms with Gasteiger partial charge in [0.25, 0.3) is 0 Å². The van der Waals surface area contributed by atoms with E-state index in [4.69, 9.17) is 49.0 Å². The first-order chi connectivity index (χ1) is 15.8. The number of alkyl halides is 1. The fourth-order valence-electron chi connectivity index (χ4n) is 2.79. The molecule has 8 nitrogen and oxygen atoms in total. The summed E-state index contributed by atoms with van der Waals surface area (Å²) in [7, 11) is -7.38. The number of rotatable bonds is 12. The molecule has 188 valence electrons. The van der Waals surface area contributed by atoms with Crippen molar-refractivity contribution in [2.75, 3.05) is 31.1 Å². The molecule has 0 saturated heterocycles. The molecule has 0 radical (unpaired) electrons. The molecule has 0 bridgehead atoms. The highest BCUT2D eigenvalue weighted by molar-refractivity contribution is 7.91. The average Bonchev–Trinajstić information content (AvgIpc) is 2.72. The second-order valence-corrected chi connectivity index (χ2v) is 12.5. The monoisotopic (exact) mass is 572 g/mol. The summed E-state index contributed by atoms with van der Waals surface area (Å²) >= 11 is 18.0. The van der Waals surface area contributed by atoms with Crippen LogP contribution in [0.5, 0.6) is 11.5 Å². The molecule has 13 heteroatoms. The van der Waals surface area contributed by atoms with E-state index in [1.165, 1.54) is 36.4 Å². The number of esters is 1. The number of halogens is 3. The van der Waals surface area contributed by atoms with Crippen molar-refractivity contribution >= 4 is 60.4 Å². The lowest BCUT2D eigenvalue weighted by Gasteiger charge is -2.17. The molecule has 2 aromatic carbocycles. The molecule has 34 heavy (non-hydrogen) atoms. The van der Waals surface area contributed by atoms with Crippen molar-refractivity contribution in [3.8, 4) is 11.5 Å². The van der Waals surface area contributed by atoms with Crippen LogP contribution in [0, 0.1) is 0 Å². The zero-order chi connectivity index (χ0) is 25.5. The van der Waals surface area contributed by atoms with Crippen LogP contribution in [-0.2, 0) is 29.2 Å². The van der Waals surface area contributed by atoms with Crippen molar-refractivity contribution in [1.29, 1.82) is 0 Å². The molecule has 1 unspecified atom stereocenters. The Balaban J connectivity index is 2.17. The Morgan fingerprint density at radius 1 is 0.971 bits per heavy atom. The lowest BCUT2D eigenvalue weighted by atomic mass is 10.3. The Bertz CT molecular complexity index is 1190. The van der Waals surface area contributed by atoms with Crippen LogP contribution in [0.4, 0.5) is 0 Å². The fraction of sp³-hybridized carbons (Fsp3) is 0.381. The van der Waals surface area contributed by atoms with E-state index < -0.39 is 37.5 Å². The Labute approximate surface area is 213 Å². The summed E-state index contributed by atoms with van der Waals surface area (Å²) in [6.45, 7) is 1.21. The summed E-state index contributed by atoms with van der Waals surface area (Å²) in [6, 6.07) is 7.91. The Kier molecular flexibility index (Phi) is 10.3. The van der Waals surface area contributed by atoms with Gasteiger partial charge in [-0.25, -0.2) is 16.8 Å². The van der Waals surface area contributed by atoms with E-state index in [0.717, 1.165) is 13.2 Å². The molecule has 1 atom stereocenters. The number of sulfone groups is 2. The van der Waals surface area contributed by atoms with E-state index in [0.29, 0.717) is 12.3 Å². The molecule has 0 fully saturated rings. The molecule has 0 aliphatic rings. The normalized spacial score (nSPS) is 12.7. The molecular formula is C21H23Cl3O8S2. The van der Waals surface area contributed by atoms with Crippen molar-refractivity contribution in [3.05, 3.63) is 46.4 Å². The topological polar surface area (TPSA) is 113 Å². The van der Waals surface area contributed by atoms with Gasteiger partial charge in [-0.2, -0.15) is 0 Å². The van der Waals surface area contributed by atoms with Crippen LogP contribution < -0.4 is 9.47 Å². The maximum Gasteiger partial charge on any atom is 0.303 e. The van der Waals surface area contributed by atoms with Gasteiger partial charge in [-0.3, -0.25) is 4.79 Å². The molecule has 2 aromatic rings. The maximum atomic E-state index is 13.0. The van der Waals surface area contributed by atoms with Gasteiger partial charge in [-0.1, -0.05) is 23.2 Å². The van der Waals surface area contributed by atoms with Crippen molar-refractivity contribution < 1.29 is 35.8 Å². The van der Waals surface area contributed by atoms with E-state index >= 15 is 0 Å². The van der Waals surface area contributed by atoms with Crippen molar-refractivity contribution in [2.45, 2.75) is 29.2 Å². The summed E-state index contributed by atoms with van der Waals surface area (Å²) in [5.41, 5.74) is 0. The molecule has 0 aromatic heterocycles. The van der Waals surface area contributed by atoms with E-state index in [9.17, 15) is 21.6 Å². The highest BCUT2D eigenvalue weighted by Gasteiger charge is 2.23. The smallest absolute Gasteiger partial charge is 0.303 e. The number of carbonyl (C=O) groups excluding carboxylic acids is 1. The second kappa shape index (κ2) is 12.3. The summed E-state index contributed by atoms with van der Waals surface area (Å²) in [5, 5.41) is 0.0889. The first-order valence-corrected chi connectivity index (χ1v) is 14.7. The Hall–Kier alpha value is -1.72. The summed E-state index contributed by atoms with van der Waals surface area (Å²) < 4.78 is 65.0.